The van der Waals surface area contributed by atoms with E-state index in [1.54, 1.807) is 6.21 Å². The standard InChI is InChI=1S/C22H15BrFN3OS/c1-14-2-11-19-20(12-14)29-22(26-19)27(21(28)16-5-9-18(24)10-6-16)25-13-15-3-7-17(23)8-4-15/h2-13H,1H3/b25-13+. The third kappa shape index (κ3) is 4.41. The van der Waals surface area contributed by atoms with Gasteiger partial charge in [0.15, 0.2) is 0 Å². The molecule has 0 bridgehead atoms. The molecular formula is C22H15BrFN3OS. The number of fused-ring (bicyclic) bond motifs is 1. The molecule has 0 spiro atoms. The van der Waals surface area contributed by atoms with Crippen LogP contribution >= 0.6 is 27.3 Å². The highest BCUT2D eigenvalue weighted by atomic mass is 79.9. The van der Waals surface area contributed by atoms with E-state index in [2.05, 4.69) is 26.0 Å². The molecule has 0 unspecified atom stereocenters. The molecule has 0 radical (unpaired) electrons. The van der Waals surface area contributed by atoms with Crippen LogP contribution in [0, 0.1) is 12.7 Å². The average molecular weight is 468 g/mol. The van der Waals surface area contributed by atoms with Gasteiger partial charge in [-0.1, -0.05) is 45.5 Å². The van der Waals surface area contributed by atoms with Crippen LogP contribution in [0.25, 0.3) is 10.2 Å². The minimum atomic E-state index is -0.401. The van der Waals surface area contributed by atoms with Crippen LogP contribution in [0.1, 0.15) is 21.5 Å². The van der Waals surface area contributed by atoms with Crippen molar-refractivity contribution in [1.29, 1.82) is 0 Å². The lowest BCUT2D eigenvalue weighted by molar-refractivity contribution is 0.0988. The molecule has 29 heavy (non-hydrogen) atoms. The fourth-order valence-electron chi connectivity index (χ4n) is 2.69. The first-order valence-electron chi connectivity index (χ1n) is 8.76. The topological polar surface area (TPSA) is 45.6 Å². The van der Waals surface area contributed by atoms with E-state index in [1.165, 1.54) is 40.6 Å². The summed E-state index contributed by atoms with van der Waals surface area (Å²) in [6.07, 6.45) is 1.60. The lowest BCUT2D eigenvalue weighted by atomic mass is 10.2. The highest BCUT2D eigenvalue weighted by Crippen LogP contribution is 2.30. The number of aryl methyl sites for hydroxylation is 1. The second kappa shape index (κ2) is 8.23. The smallest absolute Gasteiger partial charge is 0.267 e. The monoisotopic (exact) mass is 467 g/mol. The number of rotatable bonds is 4. The van der Waals surface area contributed by atoms with E-state index in [4.69, 9.17) is 0 Å². The largest absolute Gasteiger partial charge is 0.280 e. The van der Waals surface area contributed by atoms with E-state index < -0.39 is 5.82 Å². The summed E-state index contributed by atoms with van der Waals surface area (Å²) in [7, 11) is 0. The lowest BCUT2D eigenvalue weighted by Gasteiger charge is -2.13. The quantitative estimate of drug-likeness (QED) is 0.265. The van der Waals surface area contributed by atoms with Crippen LogP contribution in [0.4, 0.5) is 9.52 Å². The Morgan fingerprint density at radius 2 is 1.83 bits per heavy atom. The highest BCUT2D eigenvalue weighted by Gasteiger charge is 2.21. The Labute approximate surface area is 179 Å². The van der Waals surface area contributed by atoms with E-state index >= 15 is 0 Å². The molecule has 4 aromatic rings. The van der Waals surface area contributed by atoms with Gasteiger partial charge in [0.25, 0.3) is 5.91 Å². The predicted molar refractivity (Wildman–Crippen MR) is 119 cm³/mol. The summed E-state index contributed by atoms with van der Waals surface area (Å²) in [6.45, 7) is 2.01. The maximum atomic E-state index is 13.3. The molecular weight excluding hydrogens is 453 g/mol. The zero-order valence-electron chi connectivity index (χ0n) is 15.3. The van der Waals surface area contributed by atoms with Gasteiger partial charge in [0.05, 0.1) is 16.4 Å². The Kier molecular flexibility index (Phi) is 5.51. The van der Waals surface area contributed by atoms with Crippen LogP contribution < -0.4 is 5.01 Å². The first-order chi connectivity index (χ1) is 14.0. The predicted octanol–water partition coefficient (Wildman–Crippen LogP) is 6.19. The summed E-state index contributed by atoms with van der Waals surface area (Å²) in [6, 6.07) is 18.9. The van der Waals surface area contributed by atoms with E-state index in [9.17, 15) is 9.18 Å². The van der Waals surface area contributed by atoms with Crippen molar-refractivity contribution in [3.05, 3.63) is 93.7 Å². The van der Waals surface area contributed by atoms with E-state index in [0.29, 0.717) is 10.7 Å². The Morgan fingerprint density at radius 3 is 2.55 bits per heavy atom. The second-order valence-electron chi connectivity index (χ2n) is 6.39. The third-order valence-corrected chi connectivity index (χ3v) is 5.71. The van der Waals surface area contributed by atoms with Gasteiger partial charge >= 0.3 is 0 Å². The molecule has 144 valence electrons. The molecule has 0 N–H and O–H groups in total. The van der Waals surface area contributed by atoms with Crippen molar-refractivity contribution in [2.75, 3.05) is 5.01 Å². The van der Waals surface area contributed by atoms with Gasteiger partial charge in [0, 0.05) is 10.0 Å². The molecule has 0 aliphatic heterocycles. The van der Waals surface area contributed by atoms with Gasteiger partial charge in [0.1, 0.15) is 5.82 Å². The number of benzene rings is 3. The molecule has 0 fully saturated rings. The van der Waals surface area contributed by atoms with E-state index in [-0.39, 0.29) is 5.91 Å². The summed E-state index contributed by atoms with van der Waals surface area (Å²) in [4.78, 5) is 17.7. The number of hydrogen-bond donors (Lipinski definition) is 0. The van der Waals surface area contributed by atoms with Gasteiger partial charge < -0.3 is 0 Å². The Hall–Kier alpha value is -2.90. The average Bonchev–Trinajstić information content (AvgIpc) is 3.12. The minimum Gasteiger partial charge on any atom is -0.267 e. The maximum absolute atomic E-state index is 13.3. The number of halogens is 2. The summed E-state index contributed by atoms with van der Waals surface area (Å²) in [5.74, 6) is -0.781. The Morgan fingerprint density at radius 1 is 1.10 bits per heavy atom. The Bertz CT molecular complexity index is 1200. The number of nitrogens with zero attached hydrogens (tertiary/aromatic N) is 3. The molecule has 1 aromatic heterocycles. The first-order valence-corrected chi connectivity index (χ1v) is 10.4. The normalized spacial score (nSPS) is 11.3. The van der Waals surface area contributed by atoms with Gasteiger partial charge in [-0.05, 0) is 66.6 Å². The number of hydrogen-bond acceptors (Lipinski definition) is 4. The molecule has 0 aliphatic carbocycles. The molecule has 0 saturated carbocycles. The van der Waals surface area contributed by atoms with Crippen LogP contribution in [0.2, 0.25) is 0 Å². The van der Waals surface area contributed by atoms with Crippen LogP contribution in [0.3, 0.4) is 0 Å². The number of anilines is 1. The molecule has 4 rings (SSSR count). The maximum Gasteiger partial charge on any atom is 0.280 e. The van der Waals surface area contributed by atoms with Crippen molar-refractivity contribution < 1.29 is 9.18 Å². The second-order valence-corrected chi connectivity index (χ2v) is 8.31. The van der Waals surface area contributed by atoms with Crippen LogP contribution in [0.15, 0.2) is 76.3 Å². The van der Waals surface area contributed by atoms with Crippen molar-refractivity contribution in [2.45, 2.75) is 6.92 Å². The van der Waals surface area contributed by atoms with Crippen molar-refractivity contribution in [3.63, 3.8) is 0 Å². The summed E-state index contributed by atoms with van der Waals surface area (Å²) in [5.41, 5.74) is 3.07. The first kappa shape index (κ1) is 19.4. The zero-order chi connectivity index (χ0) is 20.4. The summed E-state index contributed by atoms with van der Waals surface area (Å²) < 4.78 is 15.2. The highest BCUT2D eigenvalue weighted by molar-refractivity contribution is 9.10. The number of amides is 1. The fourth-order valence-corrected chi connectivity index (χ4v) is 3.97. The van der Waals surface area contributed by atoms with Crippen molar-refractivity contribution in [3.8, 4) is 0 Å². The van der Waals surface area contributed by atoms with Crippen LogP contribution in [0.5, 0.6) is 0 Å². The lowest BCUT2D eigenvalue weighted by Crippen LogP contribution is -2.25. The van der Waals surface area contributed by atoms with Gasteiger partial charge in [-0.15, -0.1) is 0 Å². The number of hydrazone groups is 1. The van der Waals surface area contributed by atoms with Crippen LogP contribution in [-0.2, 0) is 0 Å². The number of aromatic nitrogens is 1. The van der Waals surface area contributed by atoms with Gasteiger partial charge in [-0.25, -0.2) is 9.37 Å². The van der Waals surface area contributed by atoms with Crippen molar-refractivity contribution in [2.24, 2.45) is 5.10 Å². The zero-order valence-corrected chi connectivity index (χ0v) is 17.7. The van der Waals surface area contributed by atoms with E-state index in [0.717, 1.165) is 25.8 Å². The van der Waals surface area contributed by atoms with Crippen molar-refractivity contribution in [1.82, 2.24) is 4.98 Å². The molecule has 1 amide bonds. The van der Waals surface area contributed by atoms with Gasteiger partial charge in [0.2, 0.25) is 5.13 Å². The SMILES string of the molecule is Cc1ccc2nc(N(/N=C/c3ccc(Br)cc3)C(=O)c3ccc(F)cc3)sc2c1. The molecule has 4 nitrogen and oxygen atoms in total. The Balaban J connectivity index is 1.75. The van der Waals surface area contributed by atoms with E-state index in [1.807, 2.05) is 49.4 Å². The minimum absolute atomic E-state index is 0.329. The molecule has 0 atom stereocenters. The number of thiazole rings is 1. The number of carbonyl (C=O) groups is 1. The fraction of sp³-hybridized carbons (Fsp3) is 0.0455. The molecule has 3 aromatic carbocycles. The summed E-state index contributed by atoms with van der Waals surface area (Å²) in [5, 5.41) is 6.12. The molecule has 7 heteroatoms. The summed E-state index contributed by atoms with van der Waals surface area (Å²) >= 11 is 4.78. The third-order valence-electron chi connectivity index (χ3n) is 4.19. The molecule has 0 saturated heterocycles. The number of carbonyl (C=O) groups excluding carboxylic acids is 1. The van der Waals surface area contributed by atoms with Crippen molar-refractivity contribution >= 4 is 54.7 Å². The van der Waals surface area contributed by atoms with Crippen LogP contribution in [-0.4, -0.2) is 17.1 Å². The van der Waals surface area contributed by atoms with Gasteiger partial charge in [-0.3, -0.25) is 4.79 Å². The molecule has 0 aliphatic rings. The molecule has 1 heterocycles. The van der Waals surface area contributed by atoms with Gasteiger partial charge in [-0.2, -0.15) is 10.1 Å².